The molecule has 6 nitrogen and oxygen atoms in total. The number of ether oxygens (including phenoxy) is 1. The van der Waals surface area contributed by atoms with Gasteiger partial charge in [0.2, 0.25) is 11.8 Å². The summed E-state index contributed by atoms with van der Waals surface area (Å²) < 4.78 is 10.1. The zero-order chi connectivity index (χ0) is 16.2. The van der Waals surface area contributed by atoms with Crippen molar-refractivity contribution in [3.8, 4) is 0 Å². The number of furan rings is 1. The molecule has 2 amide bonds. The van der Waals surface area contributed by atoms with E-state index in [0.29, 0.717) is 5.56 Å². The molecule has 1 aliphatic rings. The molecular formula is C17H15NO5. The average Bonchev–Trinajstić information content (AvgIpc) is 3.18. The molecule has 0 radical (unpaired) electrons. The topological polar surface area (TPSA) is 76.8 Å². The Hall–Kier alpha value is -2.89. The maximum absolute atomic E-state index is 11.9. The third-order valence-corrected chi connectivity index (χ3v) is 3.64. The van der Waals surface area contributed by atoms with Gasteiger partial charge >= 0.3 is 5.97 Å². The number of esters is 1. The molecule has 118 valence electrons. The lowest BCUT2D eigenvalue weighted by atomic mass is 10.1. The summed E-state index contributed by atoms with van der Waals surface area (Å²) in [5.74, 6) is -0.747. The molecule has 0 aliphatic carbocycles. The second-order valence-corrected chi connectivity index (χ2v) is 5.28. The third-order valence-electron chi connectivity index (χ3n) is 3.64. The van der Waals surface area contributed by atoms with Crippen LogP contribution >= 0.6 is 0 Å². The molecule has 1 fully saturated rings. The summed E-state index contributed by atoms with van der Waals surface area (Å²) in [5.41, 5.74) is 1.98. The second-order valence-electron chi connectivity index (χ2n) is 5.28. The molecule has 23 heavy (non-hydrogen) atoms. The minimum absolute atomic E-state index is 0.147. The summed E-state index contributed by atoms with van der Waals surface area (Å²) >= 11 is 0. The highest BCUT2D eigenvalue weighted by Crippen LogP contribution is 2.16. The molecule has 0 N–H and O–H groups in total. The number of nitrogens with zero attached hydrogens (tertiary/aromatic N) is 1. The SMILES string of the molecule is O=C(OCc1ccoc1)c1ccc(CN2C(=O)CCC2=O)cc1. The summed E-state index contributed by atoms with van der Waals surface area (Å²) in [4.78, 5) is 36.3. The number of benzene rings is 1. The molecule has 2 heterocycles. The van der Waals surface area contributed by atoms with Crippen LogP contribution in [0.3, 0.4) is 0 Å². The number of carbonyl (C=O) groups excluding carboxylic acids is 3. The van der Waals surface area contributed by atoms with E-state index in [1.54, 1.807) is 30.3 Å². The van der Waals surface area contributed by atoms with E-state index in [2.05, 4.69) is 0 Å². The number of hydrogen-bond acceptors (Lipinski definition) is 5. The molecule has 0 saturated carbocycles. The van der Waals surface area contributed by atoms with E-state index in [1.165, 1.54) is 17.4 Å². The van der Waals surface area contributed by atoms with Gasteiger partial charge in [-0.1, -0.05) is 12.1 Å². The second kappa shape index (κ2) is 6.48. The molecule has 0 spiro atoms. The van der Waals surface area contributed by atoms with Crippen molar-refractivity contribution in [3.63, 3.8) is 0 Å². The largest absolute Gasteiger partial charge is 0.472 e. The third kappa shape index (κ3) is 3.48. The van der Waals surface area contributed by atoms with E-state index in [9.17, 15) is 14.4 Å². The van der Waals surface area contributed by atoms with Gasteiger partial charge in [-0.2, -0.15) is 0 Å². The van der Waals surface area contributed by atoms with Crippen molar-refractivity contribution in [2.24, 2.45) is 0 Å². The molecule has 1 aliphatic heterocycles. The quantitative estimate of drug-likeness (QED) is 0.625. The molecule has 1 aromatic carbocycles. The van der Waals surface area contributed by atoms with Crippen LogP contribution in [0.25, 0.3) is 0 Å². The lowest BCUT2D eigenvalue weighted by Gasteiger charge is -2.13. The van der Waals surface area contributed by atoms with E-state index >= 15 is 0 Å². The van der Waals surface area contributed by atoms with Crippen LogP contribution in [0, 0.1) is 0 Å². The van der Waals surface area contributed by atoms with Crippen LogP contribution in [0.1, 0.15) is 34.3 Å². The minimum atomic E-state index is -0.439. The maximum Gasteiger partial charge on any atom is 0.338 e. The standard InChI is InChI=1S/C17H15NO5/c19-15-5-6-16(20)18(15)9-12-1-3-14(4-2-12)17(21)23-11-13-7-8-22-10-13/h1-4,7-8,10H,5-6,9,11H2. The molecule has 1 aromatic heterocycles. The molecule has 0 bridgehead atoms. The Bertz CT molecular complexity index is 702. The fourth-order valence-corrected chi connectivity index (χ4v) is 2.34. The van der Waals surface area contributed by atoms with Gasteiger partial charge in [0, 0.05) is 18.4 Å². The first-order valence-corrected chi connectivity index (χ1v) is 7.24. The normalized spacial score (nSPS) is 14.3. The van der Waals surface area contributed by atoms with Crippen LogP contribution in [-0.4, -0.2) is 22.7 Å². The van der Waals surface area contributed by atoms with E-state index in [4.69, 9.17) is 9.15 Å². The first kappa shape index (κ1) is 15.0. The summed E-state index contributed by atoms with van der Waals surface area (Å²) in [6, 6.07) is 8.40. The molecule has 0 unspecified atom stereocenters. The highest BCUT2D eigenvalue weighted by molar-refractivity contribution is 6.01. The number of imide groups is 1. The van der Waals surface area contributed by atoms with Crippen molar-refractivity contribution in [2.45, 2.75) is 26.0 Å². The average molecular weight is 313 g/mol. The zero-order valence-corrected chi connectivity index (χ0v) is 12.4. The van der Waals surface area contributed by atoms with Crippen LogP contribution < -0.4 is 0 Å². The smallest absolute Gasteiger partial charge is 0.338 e. The van der Waals surface area contributed by atoms with Gasteiger partial charge in [-0.3, -0.25) is 14.5 Å². The predicted molar refractivity (Wildman–Crippen MR) is 79.1 cm³/mol. The first-order chi connectivity index (χ1) is 11.1. The number of carbonyl (C=O) groups is 3. The lowest BCUT2D eigenvalue weighted by molar-refractivity contribution is -0.139. The van der Waals surface area contributed by atoms with Crippen molar-refractivity contribution >= 4 is 17.8 Å². The molecular weight excluding hydrogens is 298 g/mol. The van der Waals surface area contributed by atoms with Crippen molar-refractivity contribution in [3.05, 3.63) is 59.5 Å². The molecule has 0 atom stereocenters. The molecule has 1 saturated heterocycles. The van der Waals surface area contributed by atoms with Crippen molar-refractivity contribution in [2.75, 3.05) is 0 Å². The number of amides is 2. The van der Waals surface area contributed by atoms with Crippen molar-refractivity contribution in [1.29, 1.82) is 0 Å². The van der Waals surface area contributed by atoms with Gasteiger partial charge in [-0.15, -0.1) is 0 Å². The summed E-state index contributed by atoms with van der Waals surface area (Å²) in [6.07, 6.45) is 3.58. The number of rotatable bonds is 5. The fraction of sp³-hybridized carbons (Fsp3) is 0.235. The van der Waals surface area contributed by atoms with E-state index in [0.717, 1.165) is 11.1 Å². The number of likely N-dealkylation sites (tertiary alicyclic amines) is 1. The van der Waals surface area contributed by atoms with Gasteiger partial charge < -0.3 is 9.15 Å². The first-order valence-electron chi connectivity index (χ1n) is 7.24. The van der Waals surface area contributed by atoms with Gasteiger partial charge in [-0.25, -0.2) is 4.79 Å². The summed E-state index contributed by atoms with van der Waals surface area (Å²) in [6.45, 7) is 0.385. The fourth-order valence-electron chi connectivity index (χ4n) is 2.34. The van der Waals surface area contributed by atoms with E-state index in [-0.39, 0.29) is 37.8 Å². The Morgan fingerprint density at radius 2 is 1.74 bits per heavy atom. The zero-order valence-electron chi connectivity index (χ0n) is 12.4. The minimum Gasteiger partial charge on any atom is -0.472 e. The predicted octanol–water partition coefficient (Wildman–Crippen LogP) is 2.29. The van der Waals surface area contributed by atoms with Crippen LogP contribution in [0.2, 0.25) is 0 Å². The van der Waals surface area contributed by atoms with Crippen LogP contribution in [-0.2, 0) is 27.5 Å². The Morgan fingerprint density at radius 3 is 2.35 bits per heavy atom. The summed E-state index contributed by atoms with van der Waals surface area (Å²) in [7, 11) is 0. The lowest BCUT2D eigenvalue weighted by Crippen LogP contribution is -2.28. The van der Waals surface area contributed by atoms with Crippen molar-refractivity contribution < 1.29 is 23.5 Å². The molecule has 6 heteroatoms. The van der Waals surface area contributed by atoms with E-state index < -0.39 is 5.97 Å². The molecule has 3 rings (SSSR count). The Kier molecular flexibility index (Phi) is 4.23. The van der Waals surface area contributed by atoms with Gasteiger partial charge in [0.1, 0.15) is 6.61 Å². The summed E-state index contributed by atoms with van der Waals surface area (Å²) in [5, 5.41) is 0. The van der Waals surface area contributed by atoms with Gasteiger partial charge in [0.05, 0.1) is 24.6 Å². The van der Waals surface area contributed by atoms with Crippen LogP contribution in [0.4, 0.5) is 0 Å². The van der Waals surface area contributed by atoms with Gasteiger partial charge in [-0.05, 0) is 23.8 Å². The van der Waals surface area contributed by atoms with E-state index in [1.807, 2.05) is 0 Å². The highest BCUT2D eigenvalue weighted by atomic mass is 16.5. The Morgan fingerprint density at radius 1 is 1.04 bits per heavy atom. The van der Waals surface area contributed by atoms with Gasteiger partial charge in [0.15, 0.2) is 0 Å². The maximum atomic E-state index is 11.9. The van der Waals surface area contributed by atoms with Crippen LogP contribution in [0.5, 0.6) is 0 Å². The Balaban J connectivity index is 1.59. The van der Waals surface area contributed by atoms with Gasteiger partial charge in [0.25, 0.3) is 0 Å². The number of hydrogen-bond donors (Lipinski definition) is 0. The Labute approximate surface area is 132 Å². The van der Waals surface area contributed by atoms with Crippen LogP contribution in [0.15, 0.2) is 47.3 Å². The monoisotopic (exact) mass is 313 g/mol. The highest BCUT2D eigenvalue weighted by Gasteiger charge is 2.28. The molecule has 2 aromatic rings. The van der Waals surface area contributed by atoms with Crippen molar-refractivity contribution in [1.82, 2.24) is 4.90 Å².